The van der Waals surface area contributed by atoms with Crippen LogP contribution in [0.5, 0.6) is 0 Å². The number of likely N-dealkylation sites (N-methyl/N-ethyl adjacent to an activating group) is 1. The second-order valence-corrected chi connectivity index (χ2v) is 4.68. The van der Waals surface area contributed by atoms with Crippen LogP contribution >= 0.6 is 0 Å². The number of hydrogen-bond acceptors (Lipinski definition) is 3. The summed E-state index contributed by atoms with van der Waals surface area (Å²) in [6.45, 7) is 5.48. The fourth-order valence-electron chi connectivity index (χ4n) is 1.74. The molecule has 0 saturated heterocycles. The summed E-state index contributed by atoms with van der Waals surface area (Å²) in [5.41, 5.74) is -0.915. The molecule has 0 aromatic carbocycles. The van der Waals surface area contributed by atoms with Crippen molar-refractivity contribution in [2.24, 2.45) is 5.41 Å². The number of amides is 2. The zero-order valence-corrected chi connectivity index (χ0v) is 11.6. The molecule has 0 aromatic heterocycles. The average Bonchev–Trinajstić information content (AvgIpc) is 2.29. The first kappa shape index (κ1) is 16.7. The summed E-state index contributed by atoms with van der Waals surface area (Å²) in [4.78, 5) is 24.3. The molecule has 6 nitrogen and oxygen atoms in total. The number of carboxylic acid groups (broad SMARTS) is 1. The van der Waals surface area contributed by atoms with Gasteiger partial charge in [0, 0.05) is 20.1 Å². The molecule has 0 aromatic rings. The summed E-state index contributed by atoms with van der Waals surface area (Å²) in [5.74, 6) is -0.897. The van der Waals surface area contributed by atoms with Crippen LogP contribution in [0.3, 0.4) is 0 Å². The van der Waals surface area contributed by atoms with Crippen molar-refractivity contribution in [1.29, 1.82) is 0 Å². The topological polar surface area (TPSA) is 89.9 Å². The molecule has 0 radical (unpaired) electrons. The van der Waals surface area contributed by atoms with E-state index in [2.05, 4.69) is 5.32 Å². The van der Waals surface area contributed by atoms with Gasteiger partial charge in [-0.15, -0.1) is 0 Å². The molecule has 18 heavy (non-hydrogen) atoms. The summed E-state index contributed by atoms with van der Waals surface area (Å²) in [6.07, 6.45) is 0.306. The van der Waals surface area contributed by atoms with Gasteiger partial charge in [-0.25, -0.2) is 4.79 Å². The normalized spacial score (nSPS) is 12.9. The highest BCUT2D eigenvalue weighted by Crippen LogP contribution is 2.25. The lowest BCUT2D eigenvalue weighted by molar-refractivity contribution is -0.149. The fourth-order valence-corrected chi connectivity index (χ4v) is 1.74. The molecule has 0 aliphatic rings. The molecule has 3 N–H and O–H groups in total. The molecular formula is C12H24N2O4. The van der Waals surface area contributed by atoms with Crippen molar-refractivity contribution in [1.82, 2.24) is 10.2 Å². The van der Waals surface area contributed by atoms with Gasteiger partial charge in [-0.3, -0.25) is 4.79 Å². The number of nitrogens with zero attached hydrogens (tertiary/aromatic N) is 1. The number of carbonyl (C=O) groups excluding carboxylic acids is 1. The van der Waals surface area contributed by atoms with Crippen molar-refractivity contribution in [3.05, 3.63) is 0 Å². The number of hydrogen-bond donors (Lipinski definition) is 3. The zero-order valence-electron chi connectivity index (χ0n) is 11.6. The Morgan fingerprint density at radius 1 is 1.33 bits per heavy atom. The summed E-state index contributed by atoms with van der Waals surface area (Å²) in [7, 11) is 1.56. The van der Waals surface area contributed by atoms with Gasteiger partial charge in [0.05, 0.1) is 11.5 Å². The van der Waals surface area contributed by atoms with Crippen molar-refractivity contribution in [3.63, 3.8) is 0 Å². The third-order valence-corrected chi connectivity index (χ3v) is 3.27. The quantitative estimate of drug-likeness (QED) is 0.634. The van der Waals surface area contributed by atoms with Crippen LogP contribution in [-0.2, 0) is 4.79 Å². The highest BCUT2D eigenvalue weighted by Gasteiger charge is 2.35. The summed E-state index contributed by atoms with van der Waals surface area (Å²) in [5, 5.41) is 21.0. The average molecular weight is 260 g/mol. The van der Waals surface area contributed by atoms with Gasteiger partial charge in [0.25, 0.3) is 0 Å². The maximum absolute atomic E-state index is 11.7. The predicted molar refractivity (Wildman–Crippen MR) is 68.4 cm³/mol. The molecule has 0 aliphatic carbocycles. The molecule has 0 saturated carbocycles. The molecule has 1 atom stereocenters. The summed E-state index contributed by atoms with van der Waals surface area (Å²) >= 11 is 0. The maximum Gasteiger partial charge on any atom is 0.317 e. The lowest BCUT2D eigenvalue weighted by Gasteiger charge is -2.28. The highest BCUT2D eigenvalue weighted by molar-refractivity contribution is 5.78. The monoisotopic (exact) mass is 260 g/mol. The second-order valence-electron chi connectivity index (χ2n) is 4.68. The van der Waals surface area contributed by atoms with Gasteiger partial charge in [-0.2, -0.15) is 0 Å². The molecule has 0 heterocycles. The Labute approximate surface area is 108 Å². The van der Waals surface area contributed by atoms with E-state index in [4.69, 9.17) is 5.11 Å². The molecule has 106 valence electrons. The van der Waals surface area contributed by atoms with Gasteiger partial charge in [0.2, 0.25) is 0 Å². The summed E-state index contributed by atoms with van der Waals surface area (Å²) in [6, 6.07) is -0.372. The Hall–Kier alpha value is -1.30. The molecule has 2 amide bonds. The molecule has 0 spiro atoms. The summed E-state index contributed by atoms with van der Waals surface area (Å²) < 4.78 is 0. The number of urea groups is 1. The Kier molecular flexibility index (Phi) is 6.68. The molecular weight excluding hydrogens is 236 g/mol. The minimum Gasteiger partial charge on any atom is -0.481 e. The van der Waals surface area contributed by atoms with Crippen LogP contribution in [0.15, 0.2) is 0 Å². The largest absolute Gasteiger partial charge is 0.481 e. The molecule has 0 fully saturated rings. The maximum atomic E-state index is 11.7. The van der Waals surface area contributed by atoms with E-state index in [0.29, 0.717) is 12.8 Å². The van der Waals surface area contributed by atoms with Gasteiger partial charge in [-0.05, 0) is 19.8 Å². The third kappa shape index (κ3) is 4.52. The van der Waals surface area contributed by atoms with Crippen LogP contribution in [-0.4, -0.2) is 53.4 Å². The van der Waals surface area contributed by atoms with Gasteiger partial charge in [0.1, 0.15) is 0 Å². The molecule has 0 rings (SSSR count). The van der Waals surface area contributed by atoms with E-state index >= 15 is 0 Å². The fraction of sp³-hybridized carbons (Fsp3) is 0.833. The van der Waals surface area contributed by atoms with Crippen molar-refractivity contribution >= 4 is 12.0 Å². The van der Waals surface area contributed by atoms with Crippen molar-refractivity contribution < 1.29 is 19.8 Å². The van der Waals surface area contributed by atoms with E-state index in [1.807, 2.05) is 0 Å². The minimum atomic E-state index is -0.915. The molecule has 0 bridgehead atoms. The van der Waals surface area contributed by atoms with Gasteiger partial charge >= 0.3 is 12.0 Å². The van der Waals surface area contributed by atoms with Crippen LogP contribution in [0.2, 0.25) is 0 Å². The number of aliphatic carboxylic acids is 1. The van der Waals surface area contributed by atoms with E-state index in [1.165, 1.54) is 4.90 Å². The van der Waals surface area contributed by atoms with E-state index in [0.717, 1.165) is 0 Å². The number of carbonyl (C=O) groups is 2. The third-order valence-electron chi connectivity index (χ3n) is 3.27. The molecule has 0 aliphatic heterocycles. The van der Waals surface area contributed by atoms with Crippen LogP contribution in [0.25, 0.3) is 0 Å². The number of aliphatic hydroxyl groups excluding tert-OH is 1. The van der Waals surface area contributed by atoms with E-state index < -0.39 is 17.5 Å². The van der Waals surface area contributed by atoms with E-state index in [1.54, 1.807) is 27.8 Å². The van der Waals surface area contributed by atoms with Crippen LogP contribution in [0, 0.1) is 5.41 Å². The van der Waals surface area contributed by atoms with Gasteiger partial charge in [0.15, 0.2) is 0 Å². The predicted octanol–water partition coefficient (Wildman–Crippen LogP) is 0.900. The zero-order chi connectivity index (χ0) is 14.3. The first-order chi connectivity index (χ1) is 8.29. The van der Waals surface area contributed by atoms with Crippen LogP contribution < -0.4 is 5.32 Å². The van der Waals surface area contributed by atoms with Crippen LogP contribution in [0.1, 0.15) is 33.6 Å². The van der Waals surface area contributed by atoms with E-state index in [-0.39, 0.29) is 19.1 Å². The number of aliphatic hydroxyl groups is 1. The van der Waals surface area contributed by atoms with Crippen molar-refractivity contribution in [2.75, 3.05) is 20.1 Å². The van der Waals surface area contributed by atoms with Crippen LogP contribution in [0.4, 0.5) is 4.79 Å². The second kappa shape index (κ2) is 7.20. The highest BCUT2D eigenvalue weighted by atomic mass is 16.4. The first-order valence-electron chi connectivity index (χ1n) is 6.19. The Bertz CT molecular complexity index is 288. The Morgan fingerprint density at radius 3 is 2.17 bits per heavy atom. The first-order valence-corrected chi connectivity index (χ1v) is 6.19. The smallest absolute Gasteiger partial charge is 0.317 e. The lowest BCUT2D eigenvalue weighted by Crippen LogP contribution is -2.47. The Balaban J connectivity index is 4.45. The van der Waals surface area contributed by atoms with Crippen molar-refractivity contribution in [2.45, 2.75) is 39.7 Å². The number of nitrogens with one attached hydrogen (secondary N) is 1. The number of carboxylic acids is 1. The van der Waals surface area contributed by atoms with Gasteiger partial charge in [-0.1, -0.05) is 13.8 Å². The molecule has 6 heteroatoms. The van der Waals surface area contributed by atoms with Crippen molar-refractivity contribution in [3.8, 4) is 0 Å². The van der Waals surface area contributed by atoms with Gasteiger partial charge < -0.3 is 20.4 Å². The standard InChI is InChI=1S/C12H24N2O4/c1-5-12(6-2,10(16)17)8-13-11(18)14(4)7-9(3)15/h9,15H,5-8H2,1-4H3,(H,13,18)(H,16,17). The Morgan fingerprint density at radius 2 is 1.83 bits per heavy atom. The minimum absolute atomic E-state index is 0.0956. The SMILES string of the molecule is CCC(CC)(CNC(=O)N(C)CC(C)O)C(=O)O. The number of rotatable bonds is 7. The van der Waals surface area contributed by atoms with E-state index in [9.17, 15) is 14.7 Å². The molecule has 1 unspecified atom stereocenters. The lowest BCUT2D eigenvalue weighted by atomic mass is 9.82.